The minimum atomic E-state index is -0.137. The van der Waals surface area contributed by atoms with Crippen LogP contribution in [0.4, 0.5) is 5.69 Å². The van der Waals surface area contributed by atoms with Crippen LogP contribution in [0, 0.1) is 5.41 Å². The molecule has 1 aromatic carbocycles. The van der Waals surface area contributed by atoms with Crippen molar-refractivity contribution < 1.29 is 9.59 Å². The Morgan fingerprint density at radius 1 is 1.11 bits per heavy atom. The van der Waals surface area contributed by atoms with Gasteiger partial charge in [-0.25, -0.2) is 0 Å². The number of amides is 2. The Hall–Kier alpha value is -1.84. The first kappa shape index (κ1) is 14.2. The Kier molecular flexibility index (Phi) is 4.48. The third-order valence-corrected chi connectivity index (χ3v) is 2.35. The minimum Gasteiger partial charge on any atom is -0.355 e. The quantitative estimate of drug-likeness (QED) is 0.863. The highest BCUT2D eigenvalue weighted by atomic mass is 16.2. The zero-order valence-corrected chi connectivity index (χ0v) is 11.3. The van der Waals surface area contributed by atoms with E-state index in [0.717, 1.165) is 0 Å². The number of carbonyl (C=O) groups excluding carboxylic acids is 2. The summed E-state index contributed by atoms with van der Waals surface area (Å²) in [5.41, 5.74) is 1.25. The largest absolute Gasteiger partial charge is 0.355 e. The molecule has 98 valence electrons. The van der Waals surface area contributed by atoms with Gasteiger partial charge in [-0.2, -0.15) is 0 Å². The van der Waals surface area contributed by atoms with E-state index < -0.39 is 0 Å². The van der Waals surface area contributed by atoms with Gasteiger partial charge in [-0.05, 0) is 29.7 Å². The fraction of sp³-hybridized carbons (Fsp3) is 0.429. The number of benzene rings is 1. The van der Waals surface area contributed by atoms with Gasteiger partial charge in [-0.3, -0.25) is 9.59 Å². The second-order valence-corrected chi connectivity index (χ2v) is 5.44. The minimum absolute atomic E-state index is 0.0183. The molecule has 18 heavy (non-hydrogen) atoms. The third kappa shape index (κ3) is 4.57. The van der Waals surface area contributed by atoms with Gasteiger partial charge in [-0.1, -0.05) is 20.8 Å². The van der Waals surface area contributed by atoms with Crippen molar-refractivity contribution in [3.8, 4) is 0 Å². The summed E-state index contributed by atoms with van der Waals surface area (Å²) in [7, 11) is 1.58. The van der Waals surface area contributed by atoms with Crippen LogP contribution < -0.4 is 10.6 Å². The monoisotopic (exact) mass is 248 g/mol. The summed E-state index contributed by atoms with van der Waals surface area (Å²) in [6.45, 7) is 6.05. The molecular weight excluding hydrogens is 228 g/mol. The summed E-state index contributed by atoms with van der Waals surface area (Å²) in [6.07, 6.45) is 0.462. The molecule has 0 saturated carbocycles. The van der Waals surface area contributed by atoms with Crippen LogP contribution in [0.1, 0.15) is 37.6 Å². The molecule has 4 heteroatoms. The van der Waals surface area contributed by atoms with E-state index >= 15 is 0 Å². The second-order valence-electron chi connectivity index (χ2n) is 5.44. The maximum Gasteiger partial charge on any atom is 0.251 e. The zero-order valence-electron chi connectivity index (χ0n) is 11.3. The van der Waals surface area contributed by atoms with Crippen LogP contribution in [0.25, 0.3) is 0 Å². The molecule has 1 aromatic rings. The third-order valence-electron chi connectivity index (χ3n) is 2.35. The molecule has 0 aromatic heterocycles. The molecule has 0 fully saturated rings. The fourth-order valence-corrected chi connectivity index (χ4v) is 1.54. The highest BCUT2D eigenvalue weighted by Gasteiger charge is 2.15. The van der Waals surface area contributed by atoms with E-state index in [1.54, 1.807) is 31.3 Å². The Balaban J connectivity index is 2.64. The van der Waals surface area contributed by atoms with Gasteiger partial charge in [0.2, 0.25) is 5.91 Å². The normalized spacial score (nSPS) is 10.9. The summed E-state index contributed by atoms with van der Waals surface area (Å²) in [6, 6.07) is 6.83. The van der Waals surface area contributed by atoms with Crippen LogP contribution >= 0.6 is 0 Å². The van der Waals surface area contributed by atoms with E-state index in [9.17, 15) is 9.59 Å². The molecule has 0 unspecified atom stereocenters. The molecular formula is C14H20N2O2. The lowest BCUT2D eigenvalue weighted by atomic mass is 9.92. The van der Waals surface area contributed by atoms with E-state index in [2.05, 4.69) is 10.6 Å². The van der Waals surface area contributed by atoms with E-state index in [1.165, 1.54) is 0 Å². The molecule has 0 spiro atoms. The van der Waals surface area contributed by atoms with Gasteiger partial charge in [0.15, 0.2) is 0 Å². The molecule has 0 radical (unpaired) electrons. The van der Waals surface area contributed by atoms with E-state index in [0.29, 0.717) is 17.7 Å². The first-order chi connectivity index (χ1) is 8.31. The lowest BCUT2D eigenvalue weighted by molar-refractivity contribution is -0.117. The first-order valence-electron chi connectivity index (χ1n) is 5.94. The highest BCUT2D eigenvalue weighted by Crippen LogP contribution is 2.19. The van der Waals surface area contributed by atoms with Gasteiger partial charge < -0.3 is 10.6 Å². The number of rotatable bonds is 3. The van der Waals surface area contributed by atoms with Crippen LogP contribution in [0.5, 0.6) is 0 Å². The maximum absolute atomic E-state index is 11.7. The molecule has 2 amide bonds. The number of carbonyl (C=O) groups is 2. The standard InChI is InChI=1S/C14H20N2O2/c1-14(2,3)9-12(17)16-11-7-5-10(6-8-11)13(18)15-4/h5-8H,9H2,1-4H3,(H,15,18)(H,16,17). The molecule has 0 atom stereocenters. The number of hydrogen-bond donors (Lipinski definition) is 2. The van der Waals surface area contributed by atoms with Crippen LogP contribution in [-0.4, -0.2) is 18.9 Å². The molecule has 2 N–H and O–H groups in total. The molecule has 0 aliphatic heterocycles. The van der Waals surface area contributed by atoms with Crippen molar-refractivity contribution >= 4 is 17.5 Å². The molecule has 0 aliphatic rings. The molecule has 0 bridgehead atoms. The van der Waals surface area contributed by atoms with E-state index in [-0.39, 0.29) is 17.2 Å². The van der Waals surface area contributed by atoms with Crippen molar-refractivity contribution in [1.29, 1.82) is 0 Å². The Morgan fingerprint density at radius 2 is 1.67 bits per heavy atom. The number of hydrogen-bond acceptors (Lipinski definition) is 2. The summed E-state index contributed by atoms with van der Waals surface area (Å²) >= 11 is 0. The molecule has 0 aliphatic carbocycles. The van der Waals surface area contributed by atoms with Crippen molar-refractivity contribution in [2.45, 2.75) is 27.2 Å². The summed E-state index contributed by atoms with van der Waals surface area (Å²) in [5, 5.41) is 5.36. The van der Waals surface area contributed by atoms with Crippen LogP contribution in [0.3, 0.4) is 0 Å². The molecule has 0 heterocycles. The molecule has 0 saturated heterocycles. The zero-order chi connectivity index (χ0) is 13.8. The van der Waals surface area contributed by atoms with Gasteiger partial charge in [0, 0.05) is 24.7 Å². The van der Waals surface area contributed by atoms with E-state index in [4.69, 9.17) is 0 Å². The summed E-state index contributed by atoms with van der Waals surface area (Å²) < 4.78 is 0. The first-order valence-corrected chi connectivity index (χ1v) is 5.94. The van der Waals surface area contributed by atoms with Crippen molar-refractivity contribution in [3.05, 3.63) is 29.8 Å². The van der Waals surface area contributed by atoms with Gasteiger partial charge in [0.05, 0.1) is 0 Å². The van der Waals surface area contributed by atoms with Crippen molar-refractivity contribution in [1.82, 2.24) is 5.32 Å². The second kappa shape index (κ2) is 5.67. The number of nitrogens with one attached hydrogen (secondary N) is 2. The van der Waals surface area contributed by atoms with Crippen LogP contribution in [0.2, 0.25) is 0 Å². The summed E-state index contributed by atoms with van der Waals surface area (Å²) in [4.78, 5) is 23.0. The van der Waals surface area contributed by atoms with Gasteiger partial charge in [-0.15, -0.1) is 0 Å². The maximum atomic E-state index is 11.7. The van der Waals surface area contributed by atoms with Gasteiger partial charge in [0.1, 0.15) is 0 Å². The van der Waals surface area contributed by atoms with Crippen molar-refractivity contribution in [3.63, 3.8) is 0 Å². The Bertz CT molecular complexity index is 430. The molecule has 1 rings (SSSR count). The Labute approximate surface area is 108 Å². The van der Waals surface area contributed by atoms with Gasteiger partial charge >= 0.3 is 0 Å². The predicted molar refractivity (Wildman–Crippen MR) is 72.5 cm³/mol. The van der Waals surface area contributed by atoms with Crippen molar-refractivity contribution in [2.75, 3.05) is 12.4 Å². The summed E-state index contributed by atoms with van der Waals surface area (Å²) in [5.74, 6) is -0.155. The average molecular weight is 248 g/mol. The van der Waals surface area contributed by atoms with Crippen LogP contribution in [0.15, 0.2) is 24.3 Å². The highest BCUT2D eigenvalue weighted by molar-refractivity contribution is 5.95. The topological polar surface area (TPSA) is 58.2 Å². The van der Waals surface area contributed by atoms with Gasteiger partial charge in [0.25, 0.3) is 5.91 Å². The average Bonchev–Trinajstić information content (AvgIpc) is 2.26. The lowest BCUT2D eigenvalue weighted by Gasteiger charge is -2.17. The molecule has 4 nitrogen and oxygen atoms in total. The predicted octanol–water partition coefficient (Wildman–Crippen LogP) is 2.42. The Morgan fingerprint density at radius 3 is 2.11 bits per heavy atom. The fourth-order valence-electron chi connectivity index (χ4n) is 1.54. The lowest BCUT2D eigenvalue weighted by Crippen LogP contribution is -2.20. The van der Waals surface area contributed by atoms with E-state index in [1.807, 2.05) is 20.8 Å². The van der Waals surface area contributed by atoms with Crippen LogP contribution in [-0.2, 0) is 4.79 Å². The SMILES string of the molecule is CNC(=O)c1ccc(NC(=O)CC(C)(C)C)cc1. The smallest absolute Gasteiger partial charge is 0.251 e. The van der Waals surface area contributed by atoms with Crippen molar-refractivity contribution in [2.24, 2.45) is 5.41 Å². The number of anilines is 1.